The molecule has 2 heterocycles. The number of carboxylic acid groups (broad SMARTS) is 1. The number of pyridine rings is 1. The molecular weight excluding hydrogens is 390 g/mol. The highest BCUT2D eigenvalue weighted by atomic mass is 16.4. The van der Waals surface area contributed by atoms with Crippen LogP contribution in [0.15, 0.2) is 11.0 Å². The smallest absolute Gasteiger partial charge is 0.341 e. The van der Waals surface area contributed by atoms with Gasteiger partial charge in [0.15, 0.2) is 11.4 Å². The molecule has 0 radical (unpaired) electrons. The molecule has 0 spiro atoms. The molecule has 1 aliphatic heterocycles. The summed E-state index contributed by atoms with van der Waals surface area (Å²) in [5, 5.41) is 22.7. The molecule has 9 nitrogen and oxygen atoms in total. The first-order valence-corrected chi connectivity index (χ1v) is 10.7. The van der Waals surface area contributed by atoms with Crippen LogP contribution in [-0.4, -0.2) is 55.6 Å². The van der Waals surface area contributed by atoms with Gasteiger partial charge in [0.1, 0.15) is 11.6 Å². The number of hydrogen-bond donors (Lipinski definition) is 3. The maximum absolute atomic E-state index is 13.3. The summed E-state index contributed by atoms with van der Waals surface area (Å²) in [6.07, 6.45) is 9.55. The van der Waals surface area contributed by atoms with Crippen LogP contribution in [0.5, 0.6) is 5.75 Å². The van der Waals surface area contributed by atoms with Crippen molar-refractivity contribution in [1.82, 2.24) is 14.8 Å². The van der Waals surface area contributed by atoms with Gasteiger partial charge in [-0.15, -0.1) is 0 Å². The van der Waals surface area contributed by atoms with Gasteiger partial charge in [0.05, 0.1) is 6.54 Å². The molecule has 1 aromatic heterocycles. The Morgan fingerprint density at radius 2 is 1.63 bits per heavy atom. The fourth-order valence-electron chi connectivity index (χ4n) is 5.06. The van der Waals surface area contributed by atoms with Crippen LogP contribution in [-0.2, 0) is 11.3 Å². The van der Waals surface area contributed by atoms with Crippen LogP contribution in [0.25, 0.3) is 0 Å². The molecule has 2 aliphatic carbocycles. The molecule has 1 aromatic rings. The van der Waals surface area contributed by atoms with Crippen LogP contribution in [0.2, 0.25) is 0 Å². The van der Waals surface area contributed by atoms with Crippen molar-refractivity contribution in [3.63, 3.8) is 0 Å². The zero-order valence-corrected chi connectivity index (χ0v) is 16.8. The monoisotopic (exact) mass is 417 g/mol. The van der Waals surface area contributed by atoms with Crippen LogP contribution in [0.4, 0.5) is 0 Å². The number of fused-ring (bicyclic) bond motifs is 1. The van der Waals surface area contributed by atoms with E-state index in [1.54, 1.807) is 0 Å². The Bertz CT molecular complexity index is 927. The van der Waals surface area contributed by atoms with Crippen LogP contribution in [0, 0.1) is 0 Å². The molecule has 162 valence electrons. The van der Waals surface area contributed by atoms with Gasteiger partial charge in [-0.1, -0.05) is 32.1 Å². The first-order chi connectivity index (χ1) is 14.4. The summed E-state index contributed by atoms with van der Waals surface area (Å²) in [4.78, 5) is 51.7. The zero-order chi connectivity index (χ0) is 21.4. The van der Waals surface area contributed by atoms with E-state index in [4.69, 9.17) is 0 Å². The lowest BCUT2D eigenvalue weighted by Crippen LogP contribution is -2.59. The fraction of sp³-hybridized carbons (Fsp3) is 0.619. The summed E-state index contributed by atoms with van der Waals surface area (Å²) in [6, 6.07) is -0.870. The van der Waals surface area contributed by atoms with E-state index in [9.17, 15) is 29.4 Å². The highest BCUT2D eigenvalue weighted by molar-refractivity contribution is 6.00. The van der Waals surface area contributed by atoms with E-state index in [0.717, 1.165) is 64.0 Å². The topological polar surface area (TPSA) is 129 Å². The number of hydrogen-bond acceptors (Lipinski definition) is 5. The first-order valence-electron chi connectivity index (χ1n) is 10.7. The largest absolute Gasteiger partial charge is 0.503 e. The average Bonchev–Trinajstić information content (AvgIpc) is 3.25. The number of carboxylic acids is 1. The average molecular weight is 417 g/mol. The standard InChI is InChI=1S/C21H27N3O6/c25-17-14(21(29)30)10-23-11-15(19(27)22-12-6-2-1-3-7-12)24(13-8-4-5-9-13)20(28)16(23)18(17)26/h10,12-13,15,26H,1-9,11H2,(H,22,27)(H,29,30)/t15-/m1/s1. The molecule has 2 fully saturated rings. The Kier molecular flexibility index (Phi) is 5.53. The van der Waals surface area contributed by atoms with Gasteiger partial charge in [-0.25, -0.2) is 4.79 Å². The molecule has 2 amide bonds. The molecule has 0 unspecified atom stereocenters. The van der Waals surface area contributed by atoms with Crippen molar-refractivity contribution < 1.29 is 24.6 Å². The maximum atomic E-state index is 13.3. The summed E-state index contributed by atoms with van der Waals surface area (Å²) < 4.78 is 1.25. The molecule has 9 heteroatoms. The number of carbonyl (C=O) groups is 3. The molecule has 0 saturated heterocycles. The number of rotatable bonds is 4. The molecule has 30 heavy (non-hydrogen) atoms. The minimum atomic E-state index is -1.49. The molecule has 0 bridgehead atoms. The van der Waals surface area contributed by atoms with Crippen molar-refractivity contribution in [2.45, 2.75) is 82.5 Å². The Labute approximate surface area is 173 Å². The second kappa shape index (κ2) is 8.12. The predicted molar refractivity (Wildman–Crippen MR) is 107 cm³/mol. The van der Waals surface area contributed by atoms with Gasteiger partial charge in [0.2, 0.25) is 11.3 Å². The molecular formula is C21H27N3O6. The molecule has 3 N–H and O–H groups in total. The number of carbonyl (C=O) groups excluding carboxylic acids is 2. The molecule has 4 rings (SSSR count). The normalized spacial score (nSPS) is 22.7. The number of aromatic hydroxyl groups is 1. The quantitative estimate of drug-likeness (QED) is 0.680. The van der Waals surface area contributed by atoms with E-state index >= 15 is 0 Å². The Morgan fingerprint density at radius 3 is 2.27 bits per heavy atom. The molecule has 0 aromatic carbocycles. The second-order valence-electron chi connectivity index (χ2n) is 8.54. The Balaban J connectivity index is 1.72. The number of nitrogens with zero attached hydrogens (tertiary/aromatic N) is 2. The summed E-state index contributed by atoms with van der Waals surface area (Å²) in [5.74, 6) is -3.21. The molecule has 3 aliphatic rings. The van der Waals surface area contributed by atoms with Crippen molar-refractivity contribution in [1.29, 1.82) is 0 Å². The van der Waals surface area contributed by atoms with Crippen molar-refractivity contribution in [3.8, 4) is 5.75 Å². The first kappa shape index (κ1) is 20.4. The van der Waals surface area contributed by atoms with Crippen LogP contribution in [0.1, 0.15) is 78.6 Å². The Morgan fingerprint density at radius 1 is 1.00 bits per heavy atom. The number of aromatic nitrogens is 1. The summed E-state index contributed by atoms with van der Waals surface area (Å²) in [6.45, 7) is 0.00421. The summed E-state index contributed by atoms with van der Waals surface area (Å²) >= 11 is 0. The van der Waals surface area contributed by atoms with Crippen LogP contribution >= 0.6 is 0 Å². The molecule has 2 saturated carbocycles. The van der Waals surface area contributed by atoms with E-state index in [2.05, 4.69) is 5.32 Å². The van der Waals surface area contributed by atoms with Gasteiger partial charge in [-0.2, -0.15) is 0 Å². The summed E-state index contributed by atoms with van der Waals surface area (Å²) in [7, 11) is 0. The van der Waals surface area contributed by atoms with E-state index < -0.39 is 34.7 Å². The third kappa shape index (κ3) is 3.57. The zero-order valence-electron chi connectivity index (χ0n) is 16.8. The summed E-state index contributed by atoms with van der Waals surface area (Å²) in [5.41, 5.74) is -1.94. The maximum Gasteiger partial charge on any atom is 0.341 e. The van der Waals surface area contributed by atoms with Crippen molar-refractivity contribution in [2.75, 3.05) is 0 Å². The van der Waals surface area contributed by atoms with E-state index in [1.165, 1.54) is 9.47 Å². The third-order valence-electron chi connectivity index (χ3n) is 6.60. The second-order valence-corrected chi connectivity index (χ2v) is 8.54. The minimum absolute atomic E-state index is 0.00421. The molecule has 1 atom stereocenters. The fourth-order valence-corrected chi connectivity index (χ4v) is 5.06. The lowest BCUT2D eigenvalue weighted by Gasteiger charge is -2.41. The van der Waals surface area contributed by atoms with Gasteiger partial charge in [-0.3, -0.25) is 14.4 Å². The highest BCUT2D eigenvalue weighted by Crippen LogP contribution is 2.32. The van der Waals surface area contributed by atoms with Crippen LogP contribution in [0.3, 0.4) is 0 Å². The van der Waals surface area contributed by atoms with E-state index in [1.807, 2.05) is 0 Å². The number of nitrogens with one attached hydrogen (secondary N) is 1. The SMILES string of the molecule is O=C(O)c1cn2c(c(O)c1=O)C(=O)N(C1CCCC1)[C@@H](C(=O)NC1CCCCC1)C2. The minimum Gasteiger partial charge on any atom is -0.503 e. The van der Waals surface area contributed by atoms with Gasteiger partial charge < -0.3 is 25.0 Å². The number of amides is 2. The highest BCUT2D eigenvalue weighted by Gasteiger charge is 2.43. The van der Waals surface area contributed by atoms with E-state index in [-0.39, 0.29) is 30.2 Å². The predicted octanol–water partition coefficient (Wildman–Crippen LogP) is 1.47. The third-order valence-corrected chi connectivity index (χ3v) is 6.60. The van der Waals surface area contributed by atoms with Gasteiger partial charge in [0.25, 0.3) is 5.91 Å². The van der Waals surface area contributed by atoms with Crippen molar-refractivity contribution in [3.05, 3.63) is 27.7 Å². The Hall–Kier alpha value is -2.84. The van der Waals surface area contributed by atoms with Gasteiger partial charge in [0, 0.05) is 18.3 Å². The van der Waals surface area contributed by atoms with Gasteiger partial charge >= 0.3 is 5.97 Å². The van der Waals surface area contributed by atoms with Crippen LogP contribution < -0.4 is 10.7 Å². The lowest BCUT2D eigenvalue weighted by molar-refractivity contribution is -0.128. The van der Waals surface area contributed by atoms with Gasteiger partial charge in [-0.05, 0) is 25.7 Å². The lowest BCUT2D eigenvalue weighted by atomic mass is 9.95. The van der Waals surface area contributed by atoms with Crippen molar-refractivity contribution in [2.24, 2.45) is 0 Å². The van der Waals surface area contributed by atoms with E-state index in [0.29, 0.717) is 0 Å². The number of aromatic carboxylic acids is 1. The van der Waals surface area contributed by atoms with Crippen molar-refractivity contribution >= 4 is 17.8 Å².